The first-order chi connectivity index (χ1) is 14.6. The maximum Gasteiger partial charge on any atom is 0.306 e. The van der Waals surface area contributed by atoms with Crippen LogP contribution < -0.4 is 9.64 Å². The SMILES string of the molecule is CCOC(=O)CCc1cc2cc(OCc3ccc(N4CCCC4)c(C)c3)ccc2[nH]1. The van der Waals surface area contributed by atoms with Crippen molar-refractivity contribution in [3.63, 3.8) is 0 Å². The van der Waals surface area contributed by atoms with Crippen molar-refractivity contribution in [3.05, 3.63) is 59.3 Å². The molecule has 3 aromatic rings. The van der Waals surface area contributed by atoms with E-state index in [2.05, 4.69) is 41.1 Å². The molecule has 4 rings (SSSR count). The van der Waals surface area contributed by atoms with Crippen LogP contribution in [0.25, 0.3) is 10.9 Å². The maximum absolute atomic E-state index is 11.6. The van der Waals surface area contributed by atoms with E-state index in [1.54, 1.807) is 0 Å². The number of aromatic amines is 1. The van der Waals surface area contributed by atoms with Crippen LogP contribution in [0.5, 0.6) is 5.75 Å². The van der Waals surface area contributed by atoms with Gasteiger partial charge in [0.1, 0.15) is 12.4 Å². The highest BCUT2D eigenvalue weighted by atomic mass is 16.5. The fourth-order valence-corrected chi connectivity index (χ4v) is 4.15. The van der Waals surface area contributed by atoms with Crippen LogP contribution in [0.3, 0.4) is 0 Å². The Balaban J connectivity index is 1.38. The summed E-state index contributed by atoms with van der Waals surface area (Å²) in [5, 5.41) is 1.09. The lowest BCUT2D eigenvalue weighted by Gasteiger charge is -2.20. The zero-order valence-electron chi connectivity index (χ0n) is 17.9. The molecule has 2 heterocycles. The molecular formula is C25H30N2O3. The Labute approximate surface area is 178 Å². The summed E-state index contributed by atoms with van der Waals surface area (Å²) in [7, 11) is 0. The Morgan fingerprint density at radius 3 is 2.70 bits per heavy atom. The Morgan fingerprint density at radius 2 is 1.93 bits per heavy atom. The minimum atomic E-state index is -0.161. The number of esters is 1. The average molecular weight is 407 g/mol. The summed E-state index contributed by atoms with van der Waals surface area (Å²) in [6.07, 6.45) is 3.61. The van der Waals surface area contributed by atoms with E-state index in [0.29, 0.717) is 26.1 Å². The predicted octanol–water partition coefficient (Wildman–Crippen LogP) is 5.15. The summed E-state index contributed by atoms with van der Waals surface area (Å²) in [6, 6.07) is 14.8. The topological polar surface area (TPSA) is 54.6 Å². The van der Waals surface area contributed by atoms with Crippen LogP contribution in [0.2, 0.25) is 0 Å². The van der Waals surface area contributed by atoms with Gasteiger partial charge in [-0.05, 0) is 74.6 Å². The number of nitrogens with one attached hydrogen (secondary N) is 1. The molecule has 0 radical (unpaired) electrons. The van der Waals surface area contributed by atoms with Crippen LogP contribution in [-0.4, -0.2) is 30.6 Å². The van der Waals surface area contributed by atoms with E-state index in [1.807, 2.05) is 25.1 Å². The number of hydrogen-bond acceptors (Lipinski definition) is 4. The molecule has 0 atom stereocenters. The molecule has 0 spiro atoms. The fraction of sp³-hybridized carbons (Fsp3) is 0.400. The quantitative estimate of drug-likeness (QED) is 0.526. The maximum atomic E-state index is 11.6. The van der Waals surface area contributed by atoms with Crippen LogP contribution in [0, 0.1) is 6.92 Å². The molecule has 0 aliphatic carbocycles. The number of ether oxygens (including phenoxy) is 2. The number of aromatic nitrogens is 1. The number of nitrogens with zero attached hydrogens (tertiary/aromatic N) is 1. The number of benzene rings is 2. The van der Waals surface area contributed by atoms with Crippen molar-refractivity contribution in [3.8, 4) is 5.75 Å². The number of anilines is 1. The molecule has 1 aromatic heterocycles. The molecule has 1 fully saturated rings. The van der Waals surface area contributed by atoms with Crippen LogP contribution in [-0.2, 0) is 22.6 Å². The zero-order valence-corrected chi connectivity index (χ0v) is 17.9. The van der Waals surface area contributed by atoms with Crippen molar-refractivity contribution in [1.29, 1.82) is 0 Å². The Kier molecular flexibility index (Phi) is 6.26. The van der Waals surface area contributed by atoms with Crippen molar-refractivity contribution >= 4 is 22.6 Å². The molecule has 1 saturated heterocycles. The highest BCUT2D eigenvalue weighted by molar-refractivity contribution is 5.82. The highest BCUT2D eigenvalue weighted by Gasteiger charge is 2.14. The standard InChI is InChI=1S/C25H30N2O3/c1-3-29-25(28)11-7-21-15-20-16-22(8-9-23(20)26-21)30-17-19-6-10-24(18(2)14-19)27-12-4-5-13-27/h6,8-10,14-16,26H,3-5,7,11-13,17H2,1-2H3. The summed E-state index contributed by atoms with van der Waals surface area (Å²) >= 11 is 0. The minimum Gasteiger partial charge on any atom is -0.489 e. The third kappa shape index (κ3) is 4.78. The zero-order chi connectivity index (χ0) is 20.9. The number of H-pyrrole nitrogens is 1. The second kappa shape index (κ2) is 9.24. The Morgan fingerprint density at radius 1 is 1.10 bits per heavy atom. The van der Waals surface area contributed by atoms with E-state index in [-0.39, 0.29) is 5.97 Å². The van der Waals surface area contributed by atoms with E-state index in [4.69, 9.17) is 9.47 Å². The van der Waals surface area contributed by atoms with Crippen LogP contribution >= 0.6 is 0 Å². The van der Waals surface area contributed by atoms with Crippen molar-refractivity contribution < 1.29 is 14.3 Å². The van der Waals surface area contributed by atoms with Gasteiger partial charge in [0.05, 0.1) is 13.0 Å². The molecule has 0 unspecified atom stereocenters. The van der Waals surface area contributed by atoms with Gasteiger partial charge >= 0.3 is 5.97 Å². The van der Waals surface area contributed by atoms with Crippen molar-refractivity contribution in [1.82, 2.24) is 4.98 Å². The number of rotatable bonds is 8. The molecule has 0 amide bonds. The van der Waals surface area contributed by atoms with Gasteiger partial charge in [-0.25, -0.2) is 0 Å². The molecule has 0 bridgehead atoms. The van der Waals surface area contributed by atoms with Gasteiger partial charge in [0.25, 0.3) is 0 Å². The summed E-state index contributed by atoms with van der Waals surface area (Å²) in [6.45, 7) is 7.30. The molecule has 158 valence electrons. The lowest BCUT2D eigenvalue weighted by Crippen LogP contribution is -2.18. The van der Waals surface area contributed by atoms with E-state index in [1.165, 1.54) is 29.7 Å². The van der Waals surface area contributed by atoms with E-state index >= 15 is 0 Å². The van der Waals surface area contributed by atoms with Crippen molar-refractivity contribution in [2.24, 2.45) is 0 Å². The number of aryl methyl sites for hydroxylation is 2. The normalized spacial score (nSPS) is 13.7. The second-order valence-corrected chi connectivity index (χ2v) is 7.95. The molecule has 1 aliphatic rings. The molecule has 5 heteroatoms. The van der Waals surface area contributed by atoms with Gasteiger partial charge < -0.3 is 19.4 Å². The van der Waals surface area contributed by atoms with Gasteiger partial charge in [0.15, 0.2) is 0 Å². The molecule has 1 aliphatic heterocycles. The lowest BCUT2D eigenvalue weighted by molar-refractivity contribution is -0.143. The largest absolute Gasteiger partial charge is 0.489 e. The Hall–Kier alpha value is -2.95. The number of carbonyl (C=O) groups excluding carboxylic acids is 1. The van der Waals surface area contributed by atoms with Gasteiger partial charge in [-0.15, -0.1) is 0 Å². The third-order valence-corrected chi connectivity index (χ3v) is 5.67. The number of carbonyl (C=O) groups is 1. The smallest absolute Gasteiger partial charge is 0.306 e. The Bertz CT molecular complexity index is 1020. The first kappa shape index (κ1) is 20.3. The van der Waals surface area contributed by atoms with Gasteiger partial charge in [-0.2, -0.15) is 0 Å². The minimum absolute atomic E-state index is 0.161. The summed E-state index contributed by atoms with van der Waals surface area (Å²) in [5.74, 6) is 0.686. The third-order valence-electron chi connectivity index (χ3n) is 5.67. The van der Waals surface area contributed by atoms with E-state index in [9.17, 15) is 4.79 Å². The molecule has 0 saturated carbocycles. The fourth-order valence-electron chi connectivity index (χ4n) is 4.15. The molecule has 2 aromatic carbocycles. The van der Waals surface area contributed by atoms with Crippen LogP contribution in [0.1, 0.15) is 43.0 Å². The first-order valence-corrected chi connectivity index (χ1v) is 10.9. The lowest BCUT2D eigenvalue weighted by atomic mass is 10.1. The van der Waals surface area contributed by atoms with Crippen molar-refractivity contribution in [2.45, 2.75) is 46.1 Å². The van der Waals surface area contributed by atoms with Gasteiger partial charge in [-0.3, -0.25) is 4.79 Å². The molecule has 5 nitrogen and oxygen atoms in total. The van der Waals surface area contributed by atoms with Gasteiger partial charge in [0, 0.05) is 35.4 Å². The van der Waals surface area contributed by atoms with Crippen molar-refractivity contribution in [2.75, 3.05) is 24.6 Å². The summed E-state index contributed by atoms with van der Waals surface area (Å²) in [5.41, 5.74) is 5.92. The monoisotopic (exact) mass is 406 g/mol. The number of fused-ring (bicyclic) bond motifs is 1. The van der Waals surface area contributed by atoms with E-state index in [0.717, 1.165) is 35.4 Å². The second-order valence-electron chi connectivity index (χ2n) is 7.95. The molecular weight excluding hydrogens is 376 g/mol. The first-order valence-electron chi connectivity index (χ1n) is 10.9. The van der Waals surface area contributed by atoms with Crippen LogP contribution in [0.4, 0.5) is 5.69 Å². The van der Waals surface area contributed by atoms with E-state index < -0.39 is 0 Å². The predicted molar refractivity (Wildman–Crippen MR) is 120 cm³/mol. The summed E-state index contributed by atoms with van der Waals surface area (Å²) in [4.78, 5) is 17.4. The highest BCUT2D eigenvalue weighted by Crippen LogP contribution is 2.26. The molecule has 1 N–H and O–H groups in total. The van der Waals surface area contributed by atoms with Gasteiger partial charge in [-0.1, -0.05) is 12.1 Å². The average Bonchev–Trinajstić information content (AvgIpc) is 3.40. The molecule has 30 heavy (non-hydrogen) atoms. The van der Waals surface area contributed by atoms with Gasteiger partial charge in [0.2, 0.25) is 0 Å². The number of hydrogen-bond donors (Lipinski definition) is 1. The summed E-state index contributed by atoms with van der Waals surface area (Å²) < 4.78 is 11.1. The van der Waals surface area contributed by atoms with Crippen LogP contribution in [0.15, 0.2) is 42.5 Å².